The van der Waals surface area contributed by atoms with Gasteiger partial charge in [-0.15, -0.1) is 0 Å². The smallest absolute Gasteiger partial charge is 0.233 e. The summed E-state index contributed by atoms with van der Waals surface area (Å²) in [5, 5.41) is 4.61. The van der Waals surface area contributed by atoms with E-state index in [9.17, 15) is 4.79 Å². The fourth-order valence-corrected chi connectivity index (χ4v) is 4.62. The number of ether oxygens (including phenoxy) is 1. The van der Waals surface area contributed by atoms with Crippen LogP contribution in [-0.4, -0.2) is 40.4 Å². The van der Waals surface area contributed by atoms with E-state index in [-0.39, 0.29) is 17.3 Å². The number of hydrogen-bond acceptors (Lipinski definition) is 5. The highest BCUT2D eigenvalue weighted by Crippen LogP contribution is 2.32. The van der Waals surface area contributed by atoms with Crippen LogP contribution in [0.15, 0.2) is 53.6 Å². The monoisotopic (exact) mass is 421 g/mol. The van der Waals surface area contributed by atoms with E-state index in [0.717, 1.165) is 47.4 Å². The number of rotatable bonds is 7. The van der Waals surface area contributed by atoms with Gasteiger partial charge in [-0.25, -0.2) is 9.97 Å². The lowest BCUT2D eigenvalue weighted by molar-refractivity contribution is -0.120. The van der Waals surface area contributed by atoms with Gasteiger partial charge < -0.3 is 10.1 Å². The predicted molar refractivity (Wildman–Crippen MR) is 122 cm³/mol. The highest BCUT2D eigenvalue weighted by Gasteiger charge is 2.21. The van der Waals surface area contributed by atoms with E-state index in [4.69, 9.17) is 14.7 Å². The van der Waals surface area contributed by atoms with Crippen LogP contribution in [0, 0.1) is 0 Å². The van der Waals surface area contributed by atoms with Crippen LogP contribution in [0.1, 0.15) is 32.3 Å². The molecule has 0 unspecified atom stereocenters. The predicted octanol–water partition coefficient (Wildman–Crippen LogP) is 4.64. The van der Waals surface area contributed by atoms with Crippen molar-refractivity contribution in [3.05, 3.63) is 54.1 Å². The molecule has 1 aliphatic rings. The Morgan fingerprint density at radius 2 is 2.03 bits per heavy atom. The minimum absolute atomic E-state index is 0.00942. The number of aryl methyl sites for hydroxylation is 1. The molecule has 0 radical (unpaired) electrons. The third-order valence-electron chi connectivity index (χ3n) is 5.37. The summed E-state index contributed by atoms with van der Waals surface area (Å²) in [5.74, 6) is 0.702. The Hall–Kier alpha value is -2.44. The molecule has 0 bridgehead atoms. The maximum Gasteiger partial charge on any atom is 0.233 e. The zero-order valence-corrected chi connectivity index (χ0v) is 18.2. The molecule has 30 heavy (non-hydrogen) atoms. The summed E-state index contributed by atoms with van der Waals surface area (Å²) in [6.45, 7) is 5.42. The lowest BCUT2D eigenvalue weighted by Crippen LogP contribution is -2.36. The minimum Gasteiger partial charge on any atom is -0.376 e. The molecule has 6 heteroatoms. The van der Waals surface area contributed by atoms with Crippen LogP contribution in [0.2, 0.25) is 0 Å². The Kier molecular flexibility index (Phi) is 6.65. The van der Waals surface area contributed by atoms with Gasteiger partial charge in [0, 0.05) is 24.1 Å². The average molecular weight is 422 g/mol. The second kappa shape index (κ2) is 9.58. The second-order valence-electron chi connectivity index (χ2n) is 7.53. The first-order chi connectivity index (χ1) is 14.7. The normalized spacial score (nSPS) is 17.2. The zero-order valence-electron chi connectivity index (χ0n) is 17.4. The number of hydrogen-bond donors (Lipinski definition) is 1. The molecule has 5 nitrogen and oxygen atoms in total. The summed E-state index contributed by atoms with van der Waals surface area (Å²) in [4.78, 5) is 22.4. The van der Waals surface area contributed by atoms with Crippen molar-refractivity contribution in [2.45, 2.75) is 49.5 Å². The summed E-state index contributed by atoms with van der Waals surface area (Å²) in [6.07, 6.45) is 3.12. The van der Waals surface area contributed by atoms with E-state index < -0.39 is 0 Å². The van der Waals surface area contributed by atoms with Gasteiger partial charge in [0.15, 0.2) is 5.82 Å². The molecule has 1 aromatic heterocycles. The van der Waals surface area contributed by atoms with Crippen molar-refractivity contribution in [1.82, 2.24) is 15.3 Å². The van der Waals surface area contributed by atoms with Crippen molar-refractivity contribution >= 4 is 28.6 Å². The van der Waals surface area contributed by atoms with Crippen LogP contribution in [-0.2, 0) is 16.0 Å². The number of carbonyl (C=O) groups excluding carboxylic acids is 1. The largest absolute Gasteiger partial charge is 0.376 e. The summed E-state index contributed by atoms with van der Waals surface area (Å²) < 4.78 is 5.61. The molecule has 1 aliphatic heterocycles. The molecule has 4 rings (SSSR count). The van der Waals surface area contributed by atoms with Crippen LogP contribution in [0.4, 0.5) is 0 Å². The highest BCUT2D eigenvalue weighted by molar-refractivity contribution is 8.00. The highest BCUT2D eigenvalue weighted by atomic mass is 32.2. The number of carbonyl (C=O) groups is 1. The van der Waals surface area contributed by atoms with Crippen LogP contribution >= 0.6 is 11.8 Å². The van der Waals surface area contributed by atoms with Crippen LogP contribution < -0.4 is 5.32 Å². The van der Waals surface area contributed by atoms with E-state index in [1.54, 1.807) is 0 Å². The minimum atomic E-state index is -0.265. The molecule has 2 atom stereocenters. The Morgan fingerprint density at radius 3 is 2.77 bits per heavy atom. The van der Waals surface area contributed by atoms with E-state index in [0.29, 0.717) is 12.4 Å². The summed E-state index contributed by atoms with van der Waals surface area (Å²) in [6, 6.07) is 16.2. The van der Waals surface area contributed by atoms with Gasteiger partial charge in [0.05, 0.1) is 16.9 Å². The van der Waals surface area contributed by atoms with Gasteiger partial charge in [0.25, 0.3) is 0 Å². The Balaban J connectivity index is 1.62. The van der Waals surface area contributed by atoms with Crippen molar-refractivity contribution in [2.75, 3.05) is 13.2 Å². The van der Waals surface area contributed by atoms with Crippen molar-refractivity contribution in [1.29, 1.82) is 0 Å². The Labute approximate surface area is 181 Å². The van der Waals surface area contributed by atoms with Gasteiger partial charge in [-0.05, 0) is 31.7 Å². The quantitative estimate of drug-likeness (QED) is 0.445. The van der Waals surface area contributed by atoms with Crippen LogP contribution in [0.5, 0.6) is 0 Å². The number of fused-ring (bicyclic) bond motifs is 1. The van der Waals surface area contributed by atoms with E-state index in [2.05, 4.69) is 18.3 Å². The first-order valence-corrected chi connectivity index (χ1v) is 11.4. The number of thioether (sulfide) groups is 1. The van der Waals surface area contributed by atoms with Gasteiger partial charge >= 0.3 is 0 Å². The number of aromatic nitrogens is 2. The molecule has 1 fully saturated rings. The zero-order chi connectivity index (χ0) is 20.9. The summed E-state index contributed by atoms with van der Waals surface area (Å²) in [7, 11) is 0. The Bertz CT molecular complexity index is 1020. The first-order valence-electron chi connectivity index (χ1n) is 10.6. The van der Waals surface area contributed by atoms with Crippen molar-refractivity contribution in [2.24, 2.45) is 0 Å². The third kappa shape index (κ3) is 4.65. The average Bonchev–Trinajstić information content (AvgIpc) is 3.31. The molecule has 1 saturated heterocycles. The topological polar surface area (TPSA) is 64.1 Å². The molecular weight excluding hydrogens is 394 g/mol. The van der Waals surface area contributed by atoms with E-state index >= 15 is 0 Å². The first kappa shape index (κ1) is 20.8. The summed E-state index contributed by atoms with van der Waals surface area (Å²) in [5.41, 5.74) is 3.12. The molecule has 2 aromatic carbocycles. The molecular formula is C24H27N3O2S. The van der Waals surface area contributed by atoms with Crippen molar-refractivity contribution in [3.8, 4) is 11.4 Å². The number of nitrogens with zero attached hydrogens (tertiary/aromatic N) is 2. The van der Waals surface area contributed by atoms with Gasteiger partial charge in [-0.2, -0.15) is 0 Å². The summed E-state index contributed by atoms with van der Waals surface area (Å²) >= 11 is 1.49. The van der Waals surface area contributed by atoms with E-state index in [1.165, 1.54) is 17.3 Å². The van der Waals surface area contributed by atoms with E-state index in [1.807, 2.05) is 49.4 Å². The molecule has 156 valence electrons. The SMILES string of the molecule is CCc1cccc2c(S[C@H](C)C(=O)NC[C@@H]3CCCO3)nc(-c3ccccc3)nc12. The Morgan fingerprint density at radius 1 is 1.20 bits per heavy atom. The lowest BCUT2D eigenvalue weighted by atomic mass is 10.1. The lowest BCUT2D eigenvalue weighted by Gasteiger charge is -2.16. The second-order valence-corrected chi connectivity index (χ2v) is 8.86. The number of amides is 1. The molecule has 1 N–H and O–H groups in total. The van der Waals surface area contributed by atoms with Crippen molar-refractivity contribution in [3.63, 3.8) is 0 Å². The van der Waals surface area contributed by atoms with Gasteiger partial charge in [0.2, 0.25) is 5.91 Å². The number of para-hydroxylation sites is 1. The molecule has 0 saturated carbocycles. The van der Waals surface area contributed by atoms with Gasteiger partial charge in [-0.1, -0.05) is 67.2 Å². The maximum absolute atomic E-state index is 12.7. The fourth-order valence-electron chi connectivity index (χ4n) is 3.66. The third-order valence-corrected chi connectivity index (χ3v) is 6.48. The number of benzene rings is 2. The number of nitrogens with one attached hydrogen (secondary N) is 1. The maximum atomic E-state index is 12.7. The molecule has 1 amide bonds. The fraction of sp³-hybridized carbons (Fsp3) is 0.375. The van der Waals surface area contributed by atoms with Gasteiger partial charge in [-0.3, -0.25) is 4.79 Å². The van der Waals surface area contributed by atoms with Crippen LogP contribution in [0.25, 0.3) is 22.3 Å². The molecule has 0 spiro atoms. The van der Waals surface area contributed by atoms with Gasteiger partial charge in [0.1, 0.15) is 5.03 Å². The van der Waals surface area contributed by atoms with Crippen LogP contribution in [0.3, 0.4) is 0 Å². The van der Waals surface area contributed by atoms with Crippen molar-refractivity contribution < 1.29 is 9.53 Å². The molecule has 2 heterocycles. The standard InChI is InChI=1S/C24H27N3O2S/c1-3-17-11-7-13-20-21(17)26-22(18-9-5-4-6-10-18)27-24(20)30-16(2)23(28)25-15-19-12-8-14-29-19/h4-7,9-11,13,16,19H,3,8,12,14-15H2,1-2H3,(H,25,28)/t16-,19+/m1/s1. The molecule has 0 aliphatic carbocycles. The molecule has 3 aromatic rings.